The Kier molecular flexibility index (Phi) is 4.73. The summed E-state index contributed by atoms with van der Waals surface area (Å²) in [7, 11) is 3.38. The average molecular weight is 322 g/mol. The van der Waals surface area contributed by atoms with Gasteiger partial charge in [-0.15, -0.1) is 0 Å². The summed E-state index contributed by atoms with van der Waals surface area (Å²) < 4.78 is 16.3. The minimum absolute atomic E-state index is 0.0454. The quantitative estimate of drug-likeness (QED) is 0.799. The molecule has 1 amide bonds. The van der Waals surface area contributed by atoms with Crippen molar-refractivity contribution in [2.45, 2.75) is 38.7 Å². The molecule has 1 saturated heterocycles. The van der Waals surface area contributed by atoms with E-state index in [9.17, 15) is 4.79 Å². The second kappa shape index (κ2) is 6.61. The first-order valence-corrected chi connectivity index (χ1v) is 8.31. The second-order valence-electron chi connectivity index (χ2n) is 6.95. The summed E-state index contributed by atoms with van der Waals surface area (Å²) in [6.45, 7) is 3.80. The monoisotopic (exact) mass is 322 g/mol. The number of aromatic nitrogens is 1. The lowest BCUT2D eigenvalue weighted by molar-refractivity contribution is -0.151. The topological polar surface area (TPSA) is 64.8 Å². The van der Waals surface area contributed by atoms with E-state index < -0.39 is 0 Å². The number of hydrogen-bond acceptors (Lipinski definition) is 5. The number of hydrogen-bond donors (Lipinski definition) is 0. The normalized spacial score (nSPS) is 26.3. The fourth-order valence-electron chi connectivity index (χ4n) is 3.88. The molecule has 1 saturated carbocycles. The van der Waals surface area contributed by atoms with Crippen LogP contribution in [0, 0.1) is 18.3 Å². The van der Waals surface area contributed by atoms with Crippen LogP contribution in [0.15, 0.2) is 10.6 Å². The summed E-state index contributed by atoms with van der Waals surface area (Å²) >= 11 is 0. The first-order chi connectivity index (χ1) is 11.1. The average Bonchev–Trinajstić information content (AvgIpc) is 3.09. The highest BCUT2D eigenvalue weighted by molar-refractivity contribution is 5.84. The predicted octanol–water partition coefficient (Wildman–Crippen LogP) is 1.82. The third-order valence-electron chi connectivity index (χ3n) is 5.30. The van der Waals surface area contributed by atoms with Crippen molar-refractivity contribution in [3.8, 4) is 0 Å². The van der Waals surface area contributed by atoms with Crippen molar-refractivity contribution < 1.29 is 18.8 Å². The number of ether oxygens (including phenoxy) is 2. The molecule has 2 aliphatic rings. The number of carbonyl (C=O) groups excluding carboxylic acids is 1. The van der Waals surface area contributed by atoms with Crippen LogP contribution in [-0.4, -0.2) is 56.0 Å². The molecular weight excluding hydrogens is 296 g/mol. The lowest BCUT2D eigenvalue weighted by Gasteiger charge is -2.42. The standard InChI is InChI=1S/C17H26N2O4/c1-12-7-14(23-18-12)8-13-9-19(10-15(13)22-3)16(20)17(11-21-2)5-4-6-17/h7,13,15H,4-6,8-11H2,1-3H3. The van der Waals surface area contributed by atoms with E-state index >= 15 is 0 Å². The zero-order chi connectivity index (χ0) is 16.4. The molecule has 1 aromatic rings. The summed E-state index contributed by atoms with van der Waals surface area (Å²) in [6, 6.07) is 1.95. The van der Waals surface area contributed by atoms with Crippen molar-refractivity contribution in [2.24, 2.45) is 11.3 Å². The van der Waals surface area contributed by atoms with E-state index in [1.165, 1.54) is 0 Å². The summed E-state index contributed by atoms with van der Waals surface area (Å²) in [5.74, 6) is 1.33. The fraction of sp³-hybridized carbons (Fsp3) is 0.765. The van der Waals surface area contributed by atoms with Crippen LogP contribution in [0.5, 0.6) is 0 Å². The molecule has 0 spiro atoms. The van der Waals surface area contributed by atoms with Gasteiger partial charge in [-0.2, -0.15) is 0 Å². The van der Waals surface area contributed by atoms with Crippen molar-refractivity contribution in [3.05, 3.63) is 17.5 Å². The molecule has 6 heteroatoms. The van der Waals surface area contributed by atoms with Crippen molar-refractivity contribution in [2.75, 3.05) is 33.9 Å². The van der Waals surface area contributed by atoms with Crippen molar-refractivity contribution >= 4 is 5.91 Å². The maximum absolute atomic E-state index is 13.0. The molecule has 128 valence electrons. The maximum Gasteiger partial charge on any atom is 0.231 e. The number of aryl methyl sites for hydroxylation is 1. The highest BCUT2D eigenvalue weighted by Crippen LogP contribution is 2.43. The Hall–Kier alpha value is -1.40. The van der Waals surface area contributed by atoms with Gasteiger partial charge in [-0.3, -0.25) is 4.79 Å². The molecule has 2 atom stereocenters. The molecule has 6 nitrogen and oxygen atoms in total. The molecule has 0 aromatic carbocycles. The Labute approximate surface area is 137 Å². The molecule has 1 aromatic heterocycles. The SMILES string of the molecule is COCC1(C(=O)N2CC(Cc3cc(C)no3)C(OC)C2)CCC1. The Morgan fingerprint density at radius 2 is 2.22 bits per heavy atom. The largest absolute Gasteiger partial charge is 0.384 e. The van der Waals surface area contributed by atoms with Crippen LogP contribution in [0.4, 0.5) is 0 Å². The molecule has 2 unspecified atom stereocenters. The number of rotatable bonds is 6. The van der Waals surface area contributed by atoms with Gasteiger partial charge in [0.1, 0.15) is 5.76 Å². The predicted molar refractivity (Wildman–Crippen MR) is 84.0 cm³/mol. The minimum atomic E-state index is -0.301. The smallest absolute Gasteiger partial charge is 0.231 e. The molecular formula is C17H26N2O4. The molecule has 1 aliphatic carbocycles. The number of carbonyl (C=O) groups is 1. The zero-order valence-corrected chi connectivity index (χ0v) is 14.2. The Bertz CT molecular complexity index is 553. The first-order valence-electron chi connectivity index (χ1n) is 8.31. The highest BCUT2D eigenvalue weighted by atomic mass is 16.5. The summed E-state index contributed by atoms with van der Waals surface area (Å²) in [6.07, 6.45) is 3.77. The fourth-order valence-corrected chi connectivity index (χ4v) is 3.88. The van der Waals surface area contributed by atoms with E-state index in [-0.39, 0.29) is 23.3 Å². The molecule has 23 heavy (non-hydrogen) atoms. The van der Waals surface area contributed by atoms with Gasteiger partial charge in [0.15, 0.2) is 0 Å². The van der Waals surface area contributed by atoms with Gasteiger partial charge in [-0.25, -0.2) is 0 Å². The van der Waals surface area contributed by atoms with Crippen molar-refractivity contribution in [1.29, 1.82) is 0 Å². The van der Waals surface area contributed by atoms with Gasteiger partial charge in [0.2, 0.25) is 5.91 Å². The molecule has 0 N–H and O–H groups in total. The third-order valence-corrected chi connectivity index (χ3v) is 5.30. The van der Waals surface area contributed by atoms with Crippen LogP contribution in [0.25, 0.3) is 0 Å². The molecule has 0 radical (unpaired) electrons. The van der Waals surface area contributed by atoms with Gasteiger partial charge in [0, 0.05) is 45.7 Å². The van der Waals surface area contributed by atoms with Crippen molar-refractivity contribution in [3.63, 3.8) is 0 Å². The Morgan fingerprint density at radius 1 is 1.43 bits per heavy atom. The van der Waals surface area contributed by atoms with Gasteiger partial charge in [-0.1, -0.05) is 11.6 Å². The molecule has 3 rings (SSSR count). The van der Waals surface area contributed by atoms with Crippen molar-refractivity contribution in [1.82, 2.24) is 10.1 Å². The Balaban J connectivity index is 1.67. The van der Waals surface area contributed by atoms with Gasteiger partial charge in [0.05, 0.1) is 23.8 Å². The van der Waals surface area contributed by atoms with Crippen LogP contribution in [0.2, 0.25) is 0 Å². The third kappa shape index (κ3) is 3.15. The van der Waals surface area contributed by atoms with Crippen LogP contribution in [-0.2, 0) is 20.7 Å². The Morgan fingerprint density at radius 3 is 2.74 bits per heavy atom. The zero-order valence-electron chi connectivity index (χ0n) is 14.2. The van der Waals surface area contributed by atoms with Crippen LogP contribution >= 0.6 is 0 Å². The van der Waals surface area contributed by atoms with Crippen LogP contribution in [0.1, 0.15) is 30.7 Å². The summed E-state index contributed by atoms with van der Waals surface area (Å²) in [5, 5.41) is 3.94. The van der Waals surface area contributed by atoms with E-state index in [0.29, 0.717) is 19.7 Å². The van der Waals surface area contributed by atoms with Gasteiger partial charge in [-0.05, 0) is 19.8 Å². The molecule has 2 heterocycles. The number of amides is 1. The van der Waals surface area contributed by atoms with E-state index in [2.05, 4.69) is 5.16 Å². The van der Waals surface area contributed by atoms with E-state index in [1.807, 2.05) is 17.9 Å². The van der Waals surface area contributed by atoms with Gasteiger partial charge < -0.3 is 18.9 Å². The minimum Gasteiger partial charge on any atom is -0.384 e. The highest BCUT2D eigenvalue weighted by Gasteiger charge is 2.49. The summed E-state index contributed by atoms with van der Waals surface area (Å²) in [4.78, 5) is 14.9. The van der Waals surface area contributed by atoms with E-state index in [4.69, 9.17) is 14.0 Å². The lowest BCUT2D eigenvalue weighted by atomic mass is 9.68. The van der Waals surface area contributed by atoms with E-state index in [1.54, 1.807) is 14.2 Å². The second-order valence-corrected chi connectivity index (χ2v) is 6.95. The summed E-state index contributed by atoms with van der Waals surface area (Å²) in [5.41, 5.74) is 0.582. The maximum atomic E-state index is 13.0. The van der Waals surface area contributed by atoms with Gasteiger partial charge >= 0.3 is 0 Å². The van der Waals surface area contributed by atoms with Crippen LogP contribution in [0.3, 0.4) is 0 Å². The number of methoxy groups -OCH3 is 2. The van der Waals surface area contributed by atoms with E-state index in [0.717, 1.165) is 37.1 Å². The lowest BCUT2D eigenvalue weighted by Crippen LogP contribution is -2.50. The molecule has 0 bridgehead atoms. The number of likely N-dealkylation sites (tertiary alicyclic amines) is 1. The van der Waals surface area contributed by atoms with Gasteiger partial charge in [0.25, 0.3) is 0 Å². The first kappa shape index (κ1) is 16.5. The van der Waals surface area contributed by atoms with Crippen LogP contribution < -0.4 is 0 Å². The molecule has 1 aliphatic heterocycles. The number of nitrogens with zero attached hydrogens (tertiary/aromatic N) is 2. The molecule has 2 fully saturated rings.